The SMILES string of the molecule is CC(=O)N1CCO[C@H](c2c(C(=O)N(C)CCc3ccccc3)sc3ccccc23)C1. The lowest BCUT2D eigenvalue weighted by Crippen LogP contribution is -2.41. The van der Waals surface area contributed by atoms with E-state index in [2.05, 4.69) is 12.1 Å². The van der Waals surface area contributed by atoms with E-state index in [4.69, 9.17) is 4.74 Å². The van der Waals surface area contributed by atoms with Crippen molar-refractivity contribution in [1.82, 2.24) is 9.80 Å². The monoisotopic (exact) mass is 422 g/mol. The van der Waals surface area contributed by atoms with Crippen molar-refractivity contribution in [2.75, 3.05) is 33.3 Å². The van der Waals surface area contributed by atoms with E-state index in [-0.39, 0.29) is 17.9 Å². The van der Waals surface area contributed by atoms with Crippen molar-refractivity contribution in [2.45, 2.75) is 19.4 Å². The highest BCUT2D eigenvalue weighted by atomic mass is 32.1. The third kappa shape index (κ3) is 4.25. The van der Waals surface area contributed by atoms with Crippen LogP contribution in [0.3, 0.4) is 0 Å². The second-order valence-electron chi connectivity index (χ2n) is 7.63. The Balaban J connectivity index is 1.62. The van der Waals surface area contributed by atoms with Gasteiger partial charge in [0.2, 0.25) is 5.91 Å². The van der Waals surface area contributed by atoms with Gasteiger partial charge >= 0.3 is 0 Å². The molecule has 3 aromatic rings. The van der Waals surface area contributed by atoms with E-state index in [0.717, 1.165) is 22.1 Å². The summed E-state index contributed by atoms with van der Waals surface area (Å²) in [4.78, 5) is 29.6. The largest absolute Gasteiger partial charge is 0.370 e. The highest BCUT2D eigenvalue weighted by Gasteiger charge is 2.31. The summed E-state index contributed by atoms with van der Waals surface area (Å²) in [5.41, 5.74) is 2.12. The van der Waals surface area contributed by atoms with Gasteiger partial charge in [-0.25, -0.2) is 0 Å². The molecule has 0 spiro atoms. The number of hydrogen-bond acceptors (Lipinski definition) is 4. The average molecular weight is 423 g/mol. The number of benzene rings is 2. The Morgan fingerprint density at radius 1 is 1.13 bits per heavy atom. The highest BCUT2D eigenvalue weighted by molar-refractivity contribution is 7.21. The summed E-state index contributed by atoms with van der Waals surface area (Å²) >= 11 is 1.51. The van der Waals surface area contributed by atoms with Gasteiger partial charge in [-0.1, -0.05) is 48.5 Å². The van der Waals surface area contributed by atoms with Gasteiger partial charge in [0.1, 0.15) is 6.10 Å². The van der Waals surface area contributed by atoms with Gasteiger partial charge < -0.3 is 14.5 Å². The molecule has 0 bridgehead atoms. The van der Waals surface area contributed by atoms with Crippen molar-refractivity contribution in [2.24, 2.45) is 0 Å². The fraction of sp³-hybridized carbons (Fsp3) is 0.333. The minimum absolute atomic E-state index is 0.00526. The first-order valence-electron chi connectivity index (χ1n) is 10.2. The molecule has 6 heteroatoms. The predicted octanol–water partition coefficient (Wildman–Crippen LogP) is 4.14. The number of ether oxygens (including phenoxy) is 1. The molecule has 0 saturated carbocycles. The number of likely N-dealkylation sites (N-methyl/N-ethyl adjacent to an activating group) is 1. The normalized spacial score (nSPS) is 16.6. The number of carbonyl (C=O) groups is 2. The number of fused-ring (bicyclic) bond motifs is 1. The van der Waals surface area contributed by atoms with Crippen molar-refractivity contribution in [3.8, 4) is 0 Å². The molecule has 0 N–H and O–H groups in total. The molecule has 1 aromatic heterocycles. The Kier molecular flexibility index (Phi) is 6.16. The quantitative estimate of drug-likeness (QED) is 0.621. The smallest absolute Gasteiger partial charge is 0.264 e. The summed E-state index contributed by atoms with van der Waals surface area (Å²) in [5, 5.41) is 1.04. The molecule has 0 aliphatic carbocycles. The van der Waals surface area contributed by atoms with E-state index >= 15 is 0 Å². The minimum atomic E-state index is -0.291. The Morgan fingerprint density at radius 3 is 2.63 bits per heavy atom. The summed E-state index contributed by atoms with van der Waals surface area (Å²) in [7, 11) is 1.85. The van der Waals surface area contributed by atoms with E-state index in [1.54, 1.807) is 16.7 Å². The Labute approximate surface area is 180 Å². The molecule has 1 saturated heterocycles. The van der Waals surface area contributed by atoms with Crippen molar-refractivity contribution in [3.63, 3.8) is 0 Å². The van der Waals surface area contributed by atoms with Gasteiger partial charge in [-0.15, -0.1) is 11.3 Å². The topological polar surface area (TPSA) is 49.9 Å². The first kappa shape index (κ1) is 20.6. The summed E-state index contributed by atoms with van der Waals surface area (Å²) in [6, 6.07) is 18.2. The van der Waals surface area contributed by atoms with Crippen LogP contribution < -0.4 is 0 Å². The Morgan fingerprint density at radius 2 is 1.87 bits per heavy atom. The van der Waals surface area contributed by atoms with Gasteiger partial charge in [0.25, 0.3) is 5.91 Å². The number of amides is 2. The van der Waals surface area contributed by atoms with Crippen LogP contribution in [-0.2, 0) is 16.0 Å². The minimum Gasteiger partial charge on any atom is -0.370 e. The number of morpholine rings is 1. The molecule has 0 radical (unpaired) electrons. The number of thiophene rings is 1. The van der Waals surface area contributed by atoms with Gasteiger partial charge in [0.05, 0.1) is 18.0 Å². The molecular weight excluding hydrogens is 396 g/mol. The third-order valence-corrected chi connectivity index (χ3v) is 6.76. The zero-order chi connectivity index (χ0) is 21.1. The molecule has 156 valence electrons. The maximum atomic E-state index is 13.4. The van der Waals surface area contributed by atoms with Gasteiger partial charge in [0.15, 0.2) is 0 Å². The molecule has 4 rings (SSSR count). The van der Waals surface area contributed by atoms with Crippen LogP contribution in [0, 0.1) is 0 Å². The van der Waals surface area contributed by atoms with Crippen molar-refractivity contribution < 1.29 is 14.3 Å². The van der Waals surface area contributed by atoms with Gasteiger partial charge in [-0.2, -0.15) is 0 Å². The zero-order valence-electron chi connectivity index (χ0n) is 17.3. The molecule has 0 unspecified atom stereocenters. The van der Waals surface area contributed by atoms with Crippen LogP contribution in [0.5, 0.6) is 0 Å². The predicted molar refractivity (Wildman–Crippen MR) is 120 cm³/mol. The molecule has 5 nitrogen and oxygen atoms in total. The summed E-state index contributed by atoms with van der Waals surface area (Å²) in [6.07, 6.45) is 0.515. The molecule has 2 aromatic carbocycles. The number of carbonyl (C=O) groups excluding carboxylic acids is 2. The molecule has 30 heavy (non-hydrogen) atoms. The zero-order valence-corrected chi connectivity index (χ0v) is 18.2. The number of hydrogen-bond donors (Lipinski definition) is 0. The van der Waals surface area contributed by atoms with Crippen LogP contribution in [-0.4, -0.2) is 54.9 Å². The molecule has 1 aliphatic heterocycles. The molecule has 1 fully saturated rings. The Hall–Kier alpha value is -2.70. The van der Waals surface area contributed by atoms with E-state index in [1.165, 1.54) is 16.9 Å². The second kappa shape index (κ2) is 8.98. The number of rotatable bonds is 5. The summed E-state index contributed by atoms with van der Waals surface area (Å²) in [6.45, 7) is 3.77. The maximum Gasteiger partial charge on any atom is 0.264 e. The maximum absolute atomic E-state index is 13.4. The molecule has 1 aliphatic rings. The lowest BCUT2D eigenvalue weighted by molar-refractivity contribution is -0.136. The molecule has 1 atom stereocenters. The highest BCUT2D eigenvalue weighted by Crippen LogP contribution is 2.38. The third-order valence-electron chi connectivity index (χ3n) is 5.59. The van der Waals surface area contributed by atoms with Crippen LogP contribution in [0.2, 0.25) is 0 Å². The lowest BCUT2D eigenvalue weighted by Gasteiger charge is -2.33. The van der Waals surface area contributed by atoms with Gasteiger partial charge in [-0.05, 0) is 23.4 Å². The van der Waals surface area contributed by atoms with Crippen molar-refractivity contribution in [1.29, 1.82) is 0 Å². The van der Waals surface area contributed by atoms with Crippen LogP contribution in [0.25, 0.3) is 10.1 Å². The van der Waals surface area contributed by atoms with E-state index in [0.29, 0.717) is 31.1 Å². The molecular formula is C24H26N2O3S. The average Bonchev–Trinajstić information content (AvgIpc) is 3.17. The van der Waals surface area contributed by atoms with Crippen LogP contribution in [0.4, 0.5) is 0 Å². The molecule has 2 amide bonds. The first-order valence-corrected chi connectivity index (χ1v) is 11.0. The fourth-order valence-electron chi connectivity index (χ4n) is 3.87. The van der Waals surface area contributed by atoms with E-state index < -0.39 is 0 Å². The van der Waals surface area contributed by atoms with Crippen molar-refractivity contribution >= 4 is 33.2 Å². The standard InChI is InChI=1S/C24H26N2O3S/c1-17(27)26-14-15-29-20(16-26)22-19-10-6-7-11-21(19)30-23(22)24(28)25(2)13-12-18-8-4-3-5-9-18/h3-11,20H,12-16H2,1-2H3/t20-/m0/s1. The molecule has 2 heterocycles. The van der Waals surface area contributed by atoms with E-state index in [1.807, 2.05) is 49.5 Å². The fourth-order valence-corrected chi connectivity index (χ4v) is 5.12. The second-order valence-corrected chi connectivity index (χ2v) is 8.68. The van der Waals surface area contributed by atoms with Crippen LogP contribution >= 0.6 is 11.3 Å². The van der Waals surface area contributed by atoms with Crippen molar-refractivity contribution in [3.05, 3.63) is 70.6 Å². The van der Waals surface area contributed by atoms with Gasteiger partial charge in [0, 0.05) is 37.3 Å². The summed E-state index contributed by atoms with van der Waals surface area (Å²) in [5.74, 6) is 0.0429. The first-order chi connectivity index (χ1) is 14.5. The van der Waals surface area contributed by atoms with Crippen LogP contribution in [0.1, 0.15) is 33.8 Å². The van der Waals surface area contributed by atoms with E-state index in [9.17, 15) is 9.59 Å². The summed E-state index contributed by atoms with van der Waals surface area (Å²) < 4.78 is 7.12. The van der Waals surface area contributed by atoms with Gasteiger partial charge in [-0.3, -0.25) is 9.59 Å². The lowest BCUT2D eigenvalue weighted by atomic mass is 10.0. The number of nitrogens with zero attached hydrogens (tertiary/aromatic N) is 2. The van der Waals surface area contributed by atoms with Crippen LogP contribution in [0.15, 0.2) is 54.6 Å². The Bertz CT molecular complexity index is 1050.